The number of nitrogens with zero attached hydrogens (tertiary/aromatic N) is 4. The lowest BCUT2D eigenvalue weighted by atomic mass is 10.2. The van der Waals surface area contributed by atoms with E-state index >= 15 is 0 Å². The largest absolute Gasteiger partial charge is 0.336 e. The molecular formula is C20H27N5O2. The van der Waals surface area contributed by atoms with E-state index < -0.39 is 0 Å². The molecule has 3 amide bonds. The average molecular weight is 369 g/mol. The van der Waals surface area contributed by atoms with Crippen molar-refractivity contribution in [2.75, 3.05) is 32.7 Å². The van der Waals surface area contributed by atoms with Crippen molar-refractivity contribution in [3.05, 3.63) is 53.3 Å². The highest BCUT2D eigenvalue weighted by Crippen LogP contribution is 2.11. The Hall–Kier alpha value is -2.83. The molecule has 1 atom stereocenters. The Morgan fingerprint density at radius 2 is 1.70 bits per heavy atom. The van der Waals surface area contributed by atoms with Crippen LogP contribution in [0.1, 0.15) is 34.7 Å². The van der Waals surface area contributed by atoms with Crippen LogP contribution >= 0.6 is 0 Å². The molecule has 7 nitrogen and oxygen atoms in total. The fourth-order valence-electron chi connectivity index (χ4n) is 3.40. The summed E-state index contributed by atoms with van der Waals surface area (Å²) >= 11 is 0. The van der Waals surface area contributed by atoms with E-state index in [0.717, 1.165) is 11.4 Å². The summed E-state index contributed by atoms with van der Waals surface area (Å²) in [6, 6.07) is 11.3. The molecular weight excluding hydrogens is 342 g/mol. The van der Waals surface area contributed by atoms with Crippen LogP contribution < -0.4 is 5.32 Å². The minimum Gasteiger partial charge on any atom is -0.336 e. The third kappa shape index (κ3) is 4.48. The van der Waals surface area contributed by atoms with Gasteiger partial charge in [0.2, 0.25) is 0 Å². The van der Waals surface area contributed by atoms with Crippen molar-refractivity contribution in [1.29, 1.82) is 0 Å². The highest BCUT2D eigenvalue weighted by atomic mass is 16.2. The van der Waals surface area contributed by atoms with Gasteiger partial charge in [0.25, 0.3) is 5.91 Å². The van der Waals surface area contributed by atoms with E-state index in [9.17, 15) is 9.59 Å². The molecule has 0 unspecified atom stereocenters. The molecule has 1 aromatic carbocycles. The summed E-state index contributed by atoms with van der Waals surface area (Å²) in [6.45, 7) is 8.71. The van der Waals surface area contributed by atoms with Crippen LogP contribution in [-0.4, -0.2) is 64.2 Å². The van der Waals surface area contributed by atoms with Crippen LogP contribution in [0.4, 0.5) is 4.79 Å². The normalized spacial score (nSPS) is 15.5. The van der Waals surface area contributed by atoms with Crippen LogP contribution in [0.25, 0.3) is 0 Å². The van der Waals surface area contributed by atoms with Gasteiger partial charge in [0.15, 0.2) is 0 Å². The molecule has 1 aliphatic rings. The van der Waals surface area contributed by atoms with Crippen molar-refractivity contribution in [1.82, 2.24) is 24.9 Å². The van der Waals surface area contributed by atoms with Gasteiger partial charge in [0, 0.05) is 44.0 Å². The predicted molar refractivity (Wildman–Crippen MR) is 104 cm³/mol. The van der Waals surface area contributed by atoms with Gasteiger partial charge in [-0.1, -0.05) is 18.2 Å². The first-order chi connectivity index (χ1) is 13.0. The van der Waals surface area contributed by atoms with Gasteiger partial charge in [0.05, 0.1) is 11.7 Å². The number of nitrogens with one attached hydrogen (secondary N) is 1. The van der Waals surface area contributed by atoms with E-state index in [2.05, 4.69) is 10.4 Å². The standard InChI is InChI=1S/C20H27N5O2/c1-15-13-16(2)25(22-15)17(3)14-21-20(27)24-11-9-23(10-12-24)19(26)18-7-5-4-6-8-18/h4-8,13,17H,9-12,14H2,1-3H3,(H,21,27)/t17-/m1/s1. The van der Waals surface area contributed by atoms with Crippen molar-refractivity contribution < 1.29 is 9.59 Å². The molecule has 2 aromatic rings. The van der Waals surface area contributed by atoms with Crippen LogP contribution in [0.15, 0.2) is 36.4 Å². The lowest BCUT2D eigenvalue weighted by Gasteiger charge is -2.35. The molecule has 1 fully saturated rings. The van der Waals surface area contributed by atoms with Gasteiger partial charge in [0.1, 0.15) is 0 Å². The fraction of sp³-hybridized carbons (Fsp3) is 0.450. The molecule has 1 N–H and O–H groups in total. The maximum absolute atomic E-state index is 12.5. The Bertz CT molecular complexity index is 794. The molecule has 1 aliphatic heterocycles. The molecule has 144 valence electrons. The smallest absolute Gasteiger partial charge is 0.317 e. The van der Waals surface area contributed by atoms with Crippen LogP contribution in [0.3, 0.4) is 0 Å². The Kier molecular flexibility index (Phi) is 5.78. The number of hydrogen-bond acceptors (Lipinski definition) is 3. The number of benzene rings is 1. The lowest BCUT2D eigenvalue weighted by molar-refractivity contribution is 0.0664. The molecule has 0 spiro atoms. The van der Waals surface area contributed by atoms with Crippen LogP contribution in [0.5, 0.6) is 0 Å². The second-order valence-corrected chi connectivity index (χ2v) is 7.05. The number of carbonyl (C=O) groups excluding carboxylic acids is 2. The zero-order valence-electron chi connectivity index (χ0n) is 16.2. The summed E-state index contributed by atoms with van der Waals surface area (Å²) in [5.74, 6) is 0.0220. The number of amides is 3. The van der Waals surface area contributed by atoms with E-state index in [1.807, 2.05) is 61.9 Å². The summed E-state index contributed by atoms with van der Waals surface area (Å²) in [5, 5.41) is 7.45. The van der Waals surface area contributed by atoms with Crippen molar-refractivity contribution in [2.45, 2.75) is 26.8 Å². The van der Waals surface area contributed by atoms with Gasteiger partial charge >= 0.3 is 6.03 Å². The van der Waals surface area contributed by atoms with Gasteiger partial charge in [-0.15, -0.1) is 0 Å². The van der Waals surface area contributed by atoms with Gasteiger partial charge in [-0.2, -0.15) is 5.10 Å². The number of rotatable bonds is 4. The Morgan fingerprint density at radius 3 is 2.30 bits per heavy atom. The van der Waals surface area contributed by atoms with Gasteiger partial charge in [-0.25, -0.2) is 4.79 Å². The molecule has 0 saturated carbocycles. The van der Waals surface area contributed by atoms with Crippen LogP contribution in [0.2, 0.25) is 0 Å². The summed E-state index contributed by atoms with van der Waals surface area (Å²) in [4.78, 5) is 28.5. The molecule has 3 rings (SSSR count). The van der Waals surface area contributed by atoms with E-state index in [4.69, 9.17) is 0 Å². The van der Waals surface area contributed by atoms with E-state index in [0.29, 0.717) is 38.3 Å². The second-order valence-electron chi connectivity index (χ2n) is 7.05. The van der Waals surface area contributed by atoms with Gasteiger partial charge in [-0.05, 0) is 39.0 Å². The minimum absolute atomic E-state index is 0.0220. The van der Waals surface area contributed by atoms with Crippen molar-refractivity contribution in [3.8, 4) is 0 Å². The summed E-state index contributed by atoms with van der Waals surface area (Å²) in [5.41, 5.74) is 2.75. The fourth-order valence-corrected chi connectivity index (χ4v) is 3.40. The molecule has 0 bridgehead atoms. The Morgan fingerprint density at radius 1 is 1.07 bits per heavy atom. The highest BCUT2D eigenvalue weighted by Gasteiger charge is 2.25. The number of hydrogen-bond donors (Lipinski definition) is 1. The Balaban J connectivity index is 1.47. The molecule has 1 aromatic heterocycles. The van der Waals surface area contributed by atoms with Crippen molar-refractivity contribution in [3.63, 3.8) is 0 Å². The van der Waals surface area contributed by atoms with Crippen molar-refractivity contribution >= 4 is 11.9 Å². The highest BCUT2D eigenvalue weighted by molar-refractivity contribution is 5.94. The number of piperazine rings is 1. The monoisotopic (exact) mass is 369 g/mol. The first kappa shape index (κ1) is 18.9. The molecule has 0 aliphatic carbocycles. The summed E-state index contributed by atoms with van der Waals surface area (Å²) in [7, 11) is 0. The molecule has 27 heavy (non-hydrogen) atoms. The van der Waals surface area contributed by atoms with E-state index in [-0.39, 0.29) is 18.0 Å². The predicted octanol–water partition coefficient (Wildman–Crippen LogP) is 2.23. The Labute approximate surface area is 159 Å². The third-order valence-corrected chi connectivity index (χ3v) is 4.89. The third-order valence-electron chi connectivity index (χ3n) is 4.89. The molecule has 7 heteroatoms. The zero-order valence-corrected chi connectivity index (χ0v) is 16.2. The zero-order chi connectivity index (χ0) is 19.4. The second kappa shape index (κ2) is 8.24. The van der Waals surface area contributed by atoms with Gasteiger partial charge < -0.3 is 15.1 Å². The number of urea groups is 1. The summed E-state index contributed by atoms with van der Waals surface area (Å²) in [6.07, 6.45) is 0. The molecule has 0 radical (unpaired) electrons. The topological polar surface area (TPSA) is 70.5 Å². The van der Waals surface area contributed by atoms with Gasteiger partial charge in [-0.3, -0.25) is 9.48 Å². The van der Waals surface area contributed by atoms with Crippen LogP contribution in [-0.2, 0) is 0 Å². The maximum atomic E-state index is 12.5. The number of carbonyl (C=O) groups is 2. The maximum Gasteiger partial charge on any atom is 0.317 e. The minimum atomic E-state index is -0.0878. The van der Waals surface area contributed by atoms with E-state index in [1.54, 1.807) is 9.80 Å². The number of aromatic nitrogens is 2. The first-order valence-electron chi connectivity index (χ1n) is 9.35. The SMILES string of the molecule is Cc1cc(C)n([C@H](C)CNC(=O)N2CCN(C(=O)c3ccccc3)CC2)n1. The van der Waals surface area contributed by atoms with Crippen molar-refractivity contribution in [2.24, 2.45) is 0 Å². The quantitative estimate of drug-likeness (QED) is 0.898. The van der Waals surface area contributed by atoms with E-state index in [1.165, 1.54) is 0 Å². The van der Waals surface area contributed by atoms with Crippen LogP contribution in [0, 0.1) is 13.8 Å². The summed E-state index contributed by atoms with van der Waals surface area (Å²) < 4.78 is 1.94. The molecule has 2 heterocycles. The molecule has 1 saturated heterocycles. The first-order valence-corrected chi connectivity index (χ1v) is 9.35. The number of aryl methyl sites for hydroxylation is 2. The lowest BCUT2D eigenvalue weighted by Crippen LogP contribution is -2.53. The average Bonchev–Trinajstić information content (AvgIpc) is 3.04.